The summed E-state index contributed by atoms with van der Waals surface area (Å²) in [6, 6.07) is 1.76. The lowest BCUT2D eigenvalue weighted by Crippen LogP contribution is -2.01. The zero-order valence-electron chi connectivity index (χ0n) is 17.6. The Hall–Kier alpha value is -6.06. The second-order valence-electron chi connectivity index (χ2n) is 6.84. The molecule has 0 aliphatic carbocycles. The summed E-state index contributed by atoms with van der Waals surface area (Å²) in [6.45, 7) is 0. The van der Waals surface area contributed by atoms with Crippen molar-refractivity contribution in [3.8, 4) is 20.9 Å². The molecule has 0 N–H and O–H groups in total. The van der Waals surface area contributed by atoms with E-state index in [-0.39, 0.29) is 11.3 Å². The molecule has 22 heteroatoms. The van der Waals surface area contributed by atoms with E-state index in [1.54, 1.807) is 0 Å². The summed E-state index contributed by atoms with van der Waals surface area (Å²) in [6.07, 6.45) is 0. The summed E-state index contributed by atoms with van der Waals surface area (Å²) < 4.78 is 0. The van der Waals surface area contributed by atoms with Crippen LogP contribution in [0.5, 0.6) is 0 Å². The molecule has 1 heterocycles. The van der Waals surface area contributed by atoms with Gasteiger partial charge >= 0.3 is 0 Å². The lowest BCUT2D eigenvalue weighted by Gasteiger charge is -2.04. The van der Waals surface area contributed by atoms with Crippen molar-refractivity contribution in [3.05, 3.63) is 101 Å². The Labute approximate surface area is 208 Å². The van der Waals surface area contributed by atoms with Crippen molar-refractivity contribution in [1.82, 2.24) is 0 Å². The van der Waals surface area contributed by atoms with E-state index in [0.717, 1.165) is 0 Å². The fourth-order valence-corrected chi connectivity index (χ4v) is 4.54. The van der Waals surface area contributed by atoms with Crippen molar-refractivity contribution in [2.45, 2.75) is 0 Å². The number of nitro groups is 7. The SMILES string of the molecule is O=[N+]([O-])c1cc([N+](=O)[O-])c(-c2cc([N+](=O)[O-])c(-c3c([N+](=O)[O-])cc([N+](=O)[O-])cc3[N+](=O)[O-])s2)c([N+](=O)[O-])c1. The molecule has 1 aromatic heterocycles. The van der Waals surface area contributed by atoms with E-state index in [1.807, 2.05) is 0 Å². The molecule has 0 aliphatic heterocycles. The molecule has 0 saturated heterocycles. The summed E-state index contributed by atoms with van der Waals surface area (Å²) in [4.78, 5) is 70.3. The number of nitro benzene ring substituents is 6. The highest BCUT2D eigenvalue weighted by molar-refractivity contribution is 7.19. The second kappa shape index (κ2) is 9.53. The minimum Gasteiger partial charge on any atom is -0.258 e. The van der Waals surface area contributed by atoms with Gasteiger partial charge in [0, 0.05) is 6.07 Å². The Bertz CT molecular complexity index is 1560. The van der Waals surface area contributed by atoms with Crippen molar-refractivity contribution in [2.75, 3.05) is 0 Å². The highest BCUT2D eigenvalue weighted by atomic mass is 32.1. The second-order valence-corrected chi connectivity index (χ2v) is 7.90. The van der Waals surface area contributed by atoms with Crippen molar-refractivity contribution in [2.24, 2.45) is 0 Å². The fraction of sp³-hybridized carbons (Fsp3) is 0. The van der Waals surface area contributed by atoms with Gasteiger partial charge < -0.3 is 0 Å². The first-order valence-corrected chi connectivity index (χ1v) is 9.98. The number of benzene rings is 2. The molecule has 0 spiro atoms. The molecule has 0 fully saturated rings. The van der Waals surface area contributed by atoms with Gasteiger partial charge in [-0.3, -0.25) is 70.8 Å². The molecule has 0 atom stereocenters. The molecule has 0 amide bonds. The summed E-state index contributed by atoms with van der Waals surface area (Å²) in [5, 5.41) is 80.5. The summed E-state index contributed by atoms with van der Waals surface area (Å²) in [5.74, 6) is 0. The first kappa shape index (κ1) is 26.5. The average molecular weight is 551 g/mol. The lowest BCUT2D eigenvalue weighted by molar-refractivity contribution is -0.402. The first-order chi connectivity index (χ1) is 17.6. The van der Waals surface area contributed by atoms with Crippen LogP contribution in [0.25, 0.3) is 20.9 Å². The molecular formula is C16H5N7O14S. The van der Waals surface area contributed by atoms with Crippen LogP contribution < -0.4 is 0 Å². The van der Waals surface area contributed by atoms with Gasteiger partial charge in [-0.2, -0.15) is 0 Å². The topological polar surface area (TPSA) is 302 Å². The quantitative estimate of drug-likeness (QED) is 0.262. The van der Waals surface area contributed by atoms with E-state index in [0.29, 0.717) is 30.3 Å². The van der Waals surface area contributed by atoms with Gasteiger partial charge in [0.05, 0.1) is 63.6 Å². The molecule has 0 saturated carbocycles. The maximum absolute atomic E-state index is 11.8. The molecule has 3 rings (SSSR count). The van der Waals surface area contributed by atoms with Crippen molar-refractivity contribution in [1.29, 1.82) is 0 Å². The van der Waals surface area contributed by atoms with Crippen LogP contribution in [0.1, 0.15) is 0 Å². The molecule has 0 bridgehead atoms. The van der Waals surface area contributed by atoms with Crippen LogP contribution >= 0.6 is 11.3 Å². The van der Waals surface area contributed by atoms with Gasteiger partial charge in [0.15, 0.2) is 5.56 Å². The molecule has 21 nitrogen and oxygen atoms in total. The predicted molar refractivity (Wildman–Crippen MR) is 122 cm³/mol. The van der Waals surface area contributed by atoms with Crippen LogP contribution in [0.3, 0.4) is 0 Å². The average Bonchev–Trinajstić information content (AvgIpc) is 3.27. The molecule has 0 aliphatic rings. The number of thiophene rings is 1. The van der Waals surface area contributed by atoms with Crippen LogP contribution in [-0.4, -0.2) is 34.5 Å². The monoisotopic (exact) mass is 551 g/mol. The van der Waals surface area contributed by atoms with Crippen molar-refractivity contribution < 1.29 is 34.5 Å². The van der Waals surface area contributed by atoms with Crippen molar-refractivity contribution in [3.63, 3.8) is 0 Å². The minimum atomic E-state index is -1.31. The Morgan fingerprint density at radius 1 is 0.421 bits per heavy atom. The van der Waals surface area contributed by atoms with E-state index in [4.69, 9.17) is 0 Å². The number of nitrogens with zero attached hydrogens (tertiary/aromatic N) is 7. The number of rotatable bonds is 9. The van der Waals surface area contributed by atoms with Crippen LogP contribution in [0.2, 0.25) is 0 Å². The fourth-order valence-electron chi connectivity index (χ4n) is 3.29. The van der Waals surface area contributed by atoms with Crippen LogP contribution in [0, 0.1) is 70.8 Å². The summed E-state index contributed by atoms with van der Waals surface area (Å²) in [7, 11) is 0. The van der Waals surface area contributed by atoms with E-state index in [1.165, 1.54) is 0 Å². The summed E-state index contributed by atoms with van der Waals surface area (Å²) >= 11 is 0.0497. The molecule has 3 aromatic rings. The smallest absolute Gasteiger partial charge is 0.258 e. The third kappa shape index (κ3) is 4.59. The van der Waals surface area contributed by atoms with Gasteiger partial charge in [-0.15, -0.1) is 11.3 Å². The van der Waals surface area contributed by atoms with Gasteiger partial charge in [-0.05, 0) is 0 Å². The van der Waals surface area contributed by atoms with Gasteiger partial charge in [0.1, 0.15) is 10.4 Å². The highest BCUT2D eigenvalue weighted by Gasteiger charge is 2.39. The number of hydrogen-bond acceptors (Lipinski definition) is 15. The third-order valence-electron chi connectivity index (χ3n) is 4.75. The maximum Gasteiger partial charge on any atom is 0.292 e. The van der Waals surface area contributed by atoms with E-state index >= 15 is 0 Å². The normalized spacial score (nSPS) is 10.5. The van der Waals surface area contributed by atoms with Crippen molar-refractivity contribution >= 4 is 51.1 Å². The Kier molecular flexibility index (Phi) is 6.66. The Morgan fingerprint density at radius 2 is 0.737 bits per heavy atom. The highest BCUT2D eigenvalue weighted by Crippen LogP contribution is 2.53. The standard InChI is InChI=1S/C16H5N7O14S/c24-17(25)6-1-8(19(28)29)14(9(2-6)20(30)31)13-5-12(23(36)37)16(38-13)15-10(21(32)33)3-7(18(26)27)4-11(15)22(34)35/h1-5H. The van der Waals surface area contributed by atoms with E-state index in [2.05, 4.69) is 0 Å². The van der Waals surface area contributed by atoms with Gasteiger partial charge in [0.25, 0.3) is 39.8 Å². The number of hydrogen-bond donors (Lipinski definition) is 0. The zero-order valence-corrected chi connectivity index (χ0v) is 18.5. The molecule has 0 unspecified atom stereocenters. The van der Waals surface area contributed by atoms with Gasteiger partial charge in [-0.1, -0.05) is 0 Å². The third-order valence-corrected chi connectivity index (χ3v) is 5.91. The predicted octanol–water partition coefficient (Wildman–Crippen LogP) is 4.44. The molecule has 194 valence electrons. The largest absolute Gasteiger partial charge is 0.292 e. The van der Waals surface area contributed by atoms with E-state index < -0.39 is 95.2 Å². The van der Waals surface area contributed by atoms with Crippen LogP contribution in [-0.2, 0) is 0 Å². The lowest BCUT2D eigenvalue weighted by atomic mass is 10.1. The van der Waals surface area contributed by atoms with Gasteiger partial charge in [-0.25, -0.2) is 0 Å². The minimum absolute atomic E-state index is 0.0497. The Morgan fingerprint density at radius 3 is 1.03 bits per heavy atom. The molecule has 38 heavy (non-hydrogen) atoms. The zero-order chi connectivity index (χ0) is 28.6. The van der Waals surface area contributed by atoms with Crippen LogP contribution in [0.15, 0.2) is 30.3 Å². The Balaban J connectivity index is 2.53. The molecule has 2 aromatic carbocycles. The molecule has 0 radical (unpaired) electrons. The summed E-state index contributed by atoms with van der Waals surface area (Å²) in [5.41, 5.74) is -10.4. The van der Waals surface area contributed by atoms with Gasteiger partial charge in [0.2, 0.25) is 0 Å². The van der Waals surface area contributed by atoms with Crippen LogP contribution in [0.4, 0.5) is 39.8 Å². The first-order valence-electron chi connectivity index (χ1n) is 9.17. The number of non-ortho nitro benzene ring substituents is 2. The van der Waals surface area contributed by atoms with E-state index in [9.17, 15) is 70.8 Å². The molecular weight excluding hydrogens is 546 g/mol. The maximum atomic E-state index is 11.8.